The van der Waals surface area contributed by atoms with E-state index in [-0.39, 0.29) is 17.9 Å². The maximum Gasteiger partial charge on any atom is 0.254 e. The molecule has 6 heteroatoms. The van der Waals surface area contributed by atoms with E-state index in [0.717, 1.165) is 17.5 Å². The van der Waals surface area contributed by atoms with Gasteiger partial charge in [0.05, 0.1) is 26.2 Å². The van der Waals surface area contributed by atoms with Gasteiger partial charge in [0.15, 0.2) is 11.5 Å². The molecule has 3 aromatic carbocycles. The molecular formula is C28H28N2O4. The minimum absolute atomic E-state index is 0.0310. The average Bonchev–Trinajstić information content (AvgIpc) is 2.88. The Kier molecular flexibility index (Phi) is 5.74. The number of nitrogens with zero attached hydrogens (tertiary/aromatic N) is 2. The molecule has 6 nitrogen and oxygen atoms in total. The number of methoxy groups -OCH3 is 2. The van der Waals surface area contributed by atoms with Gasteiger partial charge in [-0.15, -0.1) is 0 Å². The smallest absolute Gasteiger partial charge is 0.254 e. The van der Waals surface area contributed by atoms with E-state index in [2.05, 4.69) is 6.07 Å². The second-order valence-electron chi connectivity index (χ2n) is 8.84. The molecule has 174 valence electrons. The van der Waals surface area contributed by atoms with E-state index in [0.29, 0.717) is 35.7 Å². The maximum atomic E-state index is 14.1. The number of amides is 2. The largest absolute Gasteiger partial charge is 0.493 e. The zero-order valence-electron chi connectivity index (χ0n) is 19.7. The molecule has 0 aliphatic carbocycles. The molecule has 0 saturated carbocycles. The summed E-state index contributed by atoms with van der Waals surface area (Å²) < 4.78 is 11.0. The summed E-state index contributed by atoms with van der Waals surface area (Å²) in [6, 6.07) is 21.2. The molecule has 3 aromatic rings. The van der Waals surface area contributed by atoms with Crippen molar-refractivity contribution in [2.45, 2.75) is 24.9 Å². The lowest BCUT2D eigenvalue weighted by Gasteiger charge is -2.46. The van der Waals surface area contributed by atoms with Crippen LogP contribution in [0.5, 0.6) is 11.5 Å². The third kappa shape index (κ3) is 3.59. The van der Waals surface area contributed by atoms with Crippen LogP contribution in [0.25, 0.3) is 0 Å². The Morgan fingerprint density at radius 1 is 0.971 bits per heavy atom. The lowest BCUT2D eigenvalue weighted by atomic mass is 9.75. The van der Waals surface area contributed by atoms with Gasteiger partial charge in [-0.1, -0.05) is 54.6 Å². The summed E-state index contributed by atoms with van der Waals surface area (Å²) in [5.41, 5.74) is 4.46. The first-order valence-corrected chi connectivity index (χ1v) is 11.5. The highest BCUT2D eigenvalue weighted by Crippen LogP contribution is 2.49. The van der Waals surface area contributed by atoms with Crippen LogP contribution >= 0.6 is 0 Å². The van der Waals surface area contributed by atoms with Crippen molar-refractivity contribution in [3.8, 4) is 11.5 Å². The number of benzene rings is 3. The topological polar surface area (TPSA) is 59.1 Å². The molecule has 2 aliphatic rings. The van der Waals surface area contributed by atoms with Crippen LogP contribution in [0, 0.1) is 0 Å². The number of ether oxygens (including phenoxy) is 2. The van der Waals surface area contributed by atoms with Crippen LogP contribution in [0.3, 0.4) is 0 Å². The summed E-state index contributed by atoms with van der Waals surface area (Å²) in [5.74, 6) is 0.328. The van der Waals surface area contributed by atoms with Crippen molar-refractivity contribution in [3.63, 3.8) is 0 Å². The summed E-state index contributed by atoms with van der Waals surface area (Å²) in [7, 11) is 4.94. The fourth-order valence-corrected chi connectivity index (χ4v) is 5.29. The average molecular weight is 457 g/mol. The Labute approximate surface area is 199 Å². The normalized spacial score (nSPS) is 18.4. The monoisotopic (exact) mass is 456 g/mol. The van der Waals surface area contributed by atoms with Crippen LogP contribution in [0.1, 0.15) is 44.6 Å². The molecule has 0 spiro atoms. The van der Waals surface area contributed by atoms with Gasteiger partial charge in [-0.2, -0.15) is 0 Å². The van der Waals surface area contributed by atoms with Gasteiger partial charge in [0.25, 0.3) is 5.91 Å². The van der Waals surface area contributed by atoms with Gasteiger partial charge in [0, 0.05) is 25.7 Å². The first-order chi connectivity index (χ1) is 16.5. The number of fused-ring (bicyclic) bond motifs is 4. The lowest BCUT2D eigenvalue weighted by Crippen LogP contribution is -2.50. The molecule has 0 saturated heterocycles. The van der Waals surface area contributed by atoms with E-state index in [1.807, 2.05) is 60.5 Å². The Hall–Kier alpha value is -3.80. The minimum atomic E-state index is -0.553. The van der Waals surface area contributed by atoms with E-state index < -0.39 is 5.92 Å². The van der Waals surface area contributed by atoms with Crippen molar-refractivity contribution in [1.82, 2.24) is 9.80 Å². The van der Waals surface area contributed by atoms with Crippen LogP contribution in [0.15, 0.2) is 66.7 Å². The minimum Gasteiger partial charge on any atom is -0.493 e. The summed E-state index contributed by atoms with van der Waals surface area (Å²) in [6.07, 6.45) is 0.766. The van der Waals surface area contributed by atoms with E-state index in [4.69, 9.17) is 9.47 Å². The molecule has 2 amide bonds. The van der Waals surface area contributed by atoms with Crippen molar-refractivity contribution in [3.05, 3.63) is 94.5 Å². The van der Waals surface area contributed by atoms with Gasteiger partial charge in [0.1, 0.15) is 0 Å². The van der Waals surface area contributed by atoms with Gasteiger partial charge >= 0.3 is 0 Å². The SMILES string of the molecule is COc1cc2c(cc1OC)C(C(=O)N(C)Cc1ccccc1)C1c3ccccc3CCN1C2=O. The van der Waals surface area contributed by atoms with E-state index in [1.165, 1.54) is 5.56 Å². The third-order valence-corrected chi connectivity index (χ3v) is 6.93. The molecular weight excluding hydrogens is 428 g/mol. The third-order valence-electron chi connectivity index (χ3n) is 6.93. The Morgan fingerprint density at radius 3 is 2.38 bits per heavy atom. The fourth-order valence-electron chi connectivity index (χ4n) is 5.29. The molecule has 0 radical (unpaired) electrons. The Balaban J connectivity index is 1.65. The van der Waals surface area contributed by atoms with Crippen molar-refractivity contribution in [2.24, 2.45) is 0 Å². The van der Waals surface area contributed by atoms with Gasteiger partial charge < -0.3 is 19.3 Å². The van der Waals surface area contributed by atoms with Crippen LogP contribution in [-0.2, 0) is 17.8 Å². The predicted octanol–water partition coefficient (Wildman–Crippen LogP) is 4.20. The van der Waals surface area contributed by atoms with Crippen molar-refractivity contribution >= 4 is 11.8 Å². The number of hydrogen-bond donors (Lipinski definition) is 0. The fraction of sp³-hybridized carbons (Fsp3) is 0.286. The quantitative estimate of drug-likeness (QED) is 0.578. The predicted molar refractivity (Wildman–Crippen MR) is 129 cm³/mol. The number of hydrogen-bond acceptors (Lipinski definition) is 4. The highest BCUT2D eigenvalue weighted by Gasteiger charge is 2.47. The zero-order chi connectivity index (χ0) is 23.8. The van der Waals surface area contributed by atoms with E-state index in [1.54, 1.807) is 31.3 Å². The summed E-state index contributed by atoms with van der Waals surface area (Å²) in [5, 5.41) is 0. The molecule has 2 atom stereocenters. The number of likely N-dealkylation sites (N-methyl/N-ethyl adjacent to an activating group) is 1. The van der Waals surface area contributed by atoms with Crippen LogP contribution < -0.4 is 9.47 Å². The van der Waals surface area contributed by atoms with Gasteiger partial charge in [-0.05, 0) is 40.8 Å². The van der Waals surface area contributed by atoms with Crippen molar-refractivity contribution < 1.29 is 19.1 Å². The zero-order valence-corrected chi connectivity index (χ0v) is 19.7. The van der Waals surface area contributed by atoms with Gasteiger partial charge in [0.2, 0.25) is 5.91 Å². The standard InChI is InChI=1S/C28H28N2O4/c1-29(17-18-9-5-4-6-10-18)28(32)25-21-15-23(33-2)24(34-3)16-22(21)27(31)30-14-13-19-11-7-8-12-20(19)26(25)30/h4-12,15-16,25-26H,13-14,17H2,1-3H3. The summed E-state index contributed by atoms with van der Waals surface area (Å²) in [4.78, 5) is 31.4. The van der Waals surface area contributed by atoms with Crippen LogP contribution in [-0.4, -0.2) is 49.4 Å². The first kappa shape index (κ1) is 22.0. The van der Waals surface area contributed by atoms with Crippen LogP contribution in [0.2, 0.25) is 0 Å². The Morgan fingerprint density at radius 2 is 1.65 bits per heavy atom. The Bertz CT molecular complexity index is 1240. The molecule has 2 aliphatic heterocycles. The van der Waals surface area contributed by atoms with Crippen molar-refractivity contribution in [1.29, 1.82) is 0 Å². The molecule has 34 heavy (non-hydrogen) atoms. The second-order valence-corrected chi connectivity index (χ2v) is 8.84. The summed E-state index contributed by atoms with van der Waals surface area (Å²) >= 11 is 0. The molecule has 5 rings (SSSR count). The summed E-state index contributed by atoms with van der Waals surface area (Å²) in [6.45, 7) is 1.06. The number of rotatable bonds is 5. The van der Waals surface area contributed by atoms with Gasteiger partial charge in [-0.3, -0.25) is 9.59 Å². The molecule has 2 unspecified atom stereocenters. The van der Waals surface area contributed by atoms with Gasteiger partial charge in [-0.25, -0.2) is 0 Å². The highest BCUT2D eigenvalue weighted by atomic mass is 16.5. The molecule has 2 heterocycles. The van der Waals surface area contributed by atoms with Crippen molar-refractivity contribution in [2.75, 3.05) is 27.8 Å². The lowest BCUT2D eigenvalue weighted by molar-refractivity contribution is -0.134. The van der Waals surface area contributed by atoms with Crippen LogP contribution in [0.4, 0.5) is 0 Å². The van der Waals surface area contributed by atoms with E-state index >= 15 is 0 Å². The van der Waals surface area contributed by atoms with E-state index in [9.17, 15) is 9.59 Å². The first-order valence-electron chi connectivity index (χ1n) is 11.5. The number of carbonyl (C=O) groups is 2. The number of carbonyl (C=O) groups excluding carboxylic acids is 2. The highest BCUT2D eigenvalue weighted by molar-refractivity contribution is 6.02. The molecule has 0 N–H and O–H groups in total. The second kappa shape index (κ2) is 8.86. The maximum absolute atomic E-state index is 14.1. The molecule has 0 bridgehead atoms. The molecule has 0 aromatic heterocycles. The molecule has 0 fully saturated rings.